The van der Waals surface area contributed by atoms with Gasteiger partial charge in [-0.25, -0.2) is 4.98 Å². The van der Waals surface area contributed by atoms with Crippen LogP contribution in [0.3, 0.4) is 0 Å². The van der Waals surface area contributed by atoms with Crippen LogP contribution in [0.25, 0.3) is 0 Å². The van der Waals surface area contributed by atoms with E-state index in [1.165, 1.54) is 0 Å². The van der Waals surface area contributed by atoms with Crippen LogP contribution in [0.2, 0.25) is 0 Å². The third-order valence-electron chi connectivity index (χ3n) is 2.47. The van der Waals surface area contributed by atoms with Crippen molar-refractivity contribution in [3.8, 4) is 5.88 Å². The summed E-state index contributed by atoms with van der Waals surface area (Å²) in [6, 6.07) is 9.50. The van der Waals surface area contributed by atoms with Crippen LogP contribution < -0.4 is 10.1 Å². The Morgan fingerprint density at radius 3 is 2.78 bits per heavy atom. The van der Waals surface area contributed by atoms with E-state index in [9.17, 15) is 0 Å². The third-order valence-corrected chi connectivity index (χ3v) is 2.71. The number of benzene rings is 1. The summed E-state index contributed by atoms with van der Waals surface area (Å²) in [5.41, 5.74) is 1.90. The summed E-state index contributed by atoms with van der Waals surface area (Å²) in [6.07, 6.45) is 1.64. The number of nitrogens with zero attached hydrogens (tertiary/aromatic N) is 2. The smallest absolute Gasteiger partial charge is 0.230 e. The van der Waals surface area contributed by atoms with Gasteiger partial charge in [-0.3, -0.25) is 0 Å². The minimum Gasteiger partial charge on any atom is -0.481 e. The Balaban J connectivity index is 2.28. The summed E-state index contributed by atoms with van der Waals surface area (Å²) < 4.78 is 5.05. The van der Waals surface area contributed by atoms with Gasteiger partial charge < -0.3 is 10.1 Å². The highest BCUT2D eigenvalue weighted by Gasteiger charge is 2.08. The molecule has 18 heavy (non-hydrogen) atoms. The topological polar surface area (TPSA) is 47.0 Å². The summed E-state index contributed by atoms with van der Waals surface area (Å²) in [5.74, 6) is 1.00. The summed E-state index contributed by atoms with van der Waals surface area (Å²) in [5, 5.41) is 3.06. The molecule has 0 spiro atoms. The number of ether oxygens (including phenoxy) is 1. The zero-order valence-corrected chi connectivity index (χ0v) is 11.0. The molecule has 0 amide bonds. The second-order valence-electron chi connectivity index (χ2n) is 3.75. The molecule has 0 saturated heterocycles. The Morgan fingerprint density at radius 1 is 1.28 bits per heavy atom. The highest BCUT2D eigenvalue weighted by Crippen LogP contribution is 2.28. The molecule has 1 N–H and O–H groups in total. The number of rotatable bonds is 4. The average molecular weight is 264 g/mol. The molecule has 0 radical (unpaired) electrons. The first-order chi connectivity index (χ1) is 8.70. The van der Waals surface area contributed by atoms with Crippen LogP contribution in [0.5, 0.6) is 5.88 Å². The maximum atomic E-state index is 6.13. The van der Waals surface area contributed by atoms with Gasteiger partial charge in [-0.15, -0.1) is 11.6 Å². The lowest BCUT2D eigenvalue weighted by Gasteiger charge is -2.12. The predicted molar refractivity (Wildman–Crippen MR) is 72.6 cm³/mol. The van der Waals surface area contributed by atoms with Crippen molar-refractivity contribution in [1.29, 1.82) is 0 Å². The van der Waals surface area contributed by atoms with Gasteiger partial charge in [-0.2, -0.15) is 4.98 Å². The van der Waals surface area contributed by atoms with Crippen molar-refractivity contribution in [3.05, 3.63) is 42.1 Å². The highest BCUT2D eigenvalue weighted by atomic mass is 35.5. The number of methoxy groups -OCH3 is 1. The maximum Gasteiger partial charge on any atom is 0.230 e. The Hall–Kier alpha value is -1.81. The molecule has 1 atom stereocenters. The average Bonchev–Trinajstić information content (AvgIpc) is 2.39. The molecule has 0 saturated carbocycles. The quantitative estimate of drug-likeness (QED) is 0.858. The largest absolute Gasteiger partial charge is 0.481 e. The molecule has 94 valence electrons. The van der Waals surface area contributed by atoms with Gasteiger partial charge in [0.15, 0.2) is 0 Å². The normalized spacial score (nSPS) is 11.9. The fourth-order valence-electron chi connectivity index (χ4n) is 1.59. The van der Waals surface area contributed by atoms with Crippen molar-refractivity contribution < 1.29 is 4.74 Å². The number of aromatic nitrogens is 2. The molecule has 1 unspecified atom stereocenters. The van der Waals surface area contributed by atoms with Gasteiger partial charge in [0.1, 0.15) is 0 Å². The minimum atomic E-state index is -0.0840. The van der Waals surface area contributed by atoms with E-state index >= 15 is 0 Å². The van der Waals surface area contributed by atoms with Gasteiger partial charge in [0.05, 0.1) is 12.5 Å². The van der Waals surface area contributed by atoms with Gasteiger partial charge in [0.25, 0.3) is 0 Å². The number of para-hydroxylation sites is 1. The SMILES string of the molecule is COc1ccnc(Nc2ccccc2C(C)Cl)n1. The highest BCUT2D eigenvalue weighted by molar-refractivity contribution is 6.21. The molecule has 0 fully saturated rings. The second-order valence-corrected chi connectivity index (χ2v) is 4.41. The van der Waals surface area contributed by atoms with Gasteiger partial charge in [-0.1, -0.05) is 18.2 Å². The molecule has 0 aliphatic carbocycles. The van der Waals surface area contributed by atoms with E-state index < -0.39 is 0 Å². The summed E-state index contributed by atoms with van der Waals surface area (Å²) in [6.45, 7) is 1.93. The number of anilines is 2. The van der Waals surface area contributed by atoms with Crippen molar-refractivity contribution in [1.82, 2.24) is 9.97 Å². The molecule has 0 bridgehead atoms. The summed E-state index contributed by atoms with van der Waals surface area (Å²) in [4.78, 5) is 8.34. The van der Waals surface area contributed by atoms with Gasteiger partial charge in [-0.05, 0) is 18.6 Å². The molecular formula is C13H14ClN3O. The van der Waals surface area contributed by atoms with E-state index in [0.717, 1.165) is 11.3 Å². The van der Waals surface area contributed by atoms with Crippen molar-refractivity contribution in [2.45, 2.75) is 12.3 Å². The lowest BCUT2D eigenvalue weighted by molar-refractivity contribution is 0.397. The standard InChI is InChI=1S/C13H14ClN3O/c1-9(14)10-5-3-4-6-11(10)16-13-15-8-7-12(17-13)18-2/h3-9H,1-2H3,(H,15,16,17). The van der Waals surface area contributed by atoms with E-state index in [-0.39, 0.29) is 5.38 Å². The Labute approximate surface area is 111 Å². The number of nitrogens with one attached hydrogen (secondary N) is 1. The van der Waals surface area contributed by atoms with Crippen molar-refractivity contribution in [2.75, 3.05) is 12.4 Å². The van der Waals surface area contributed by atoms with E-state index in [2.05, 4.69) is 15.3 Å². The van der Waals surface area contributed by atoms with Crippen molar-refractivity contribution in [2.24, 2.45) is 0 Å². The van der Waals surface area contributed by atoms with Crippen molar-refractivity contribution in [3.63, 3.8) is 0 Å². The van der Waals surface area contributed by atoms with E-state index in [0.29, 0.717) is 11.8 Å². The number of hydrogen-bond acceptors (Lipinski definition) is 4. The van der Waals surface area contributed by atoms with Crippen LogP contribution in [0.15, 0.2) is 36.5 Å². The van der Waals surface area contributed by atoms with Crippen LogP contribution in [0.4, 0.5) is 11.6 Å². The zero-order chi connectivity index (χ0) is 13.0. The zero-order valence-electron chi connectivity index (χ0n) is 10.2. The van der Waals surface area contributed by atoms with E-state index in [1.54, 1.807) is 19.4 Å². The predicted octanol–water partition coefficient (Wildman–Crippen LogP) is 3.53. The second kappa shape index (κ2) is 5.69. The molecule has 1 heterocycles. The Kier molecular flexibility index (Phi) is 3.99. The Morgan fingerprint density at radius 2 is 2.06 bits per heavy atom. The number of hydrogen-bond donors (Lipinski definition) is 1. The Bertz CT molecular complexity index is 531. The fraction of sp³-hybridized carbons (Fsp3) is 0.231. The first-order valence-corrected chi connectivity index (χ1v) is 6.01. The molecule has 0 aliphatic rings. The third kappa shape index (κ3) is 2.90. The molecular weight excluding hydrogens is 250 g/mol. The van der Waals surface area contributed by atoms with Crippen molar-refractivity contribution >= 4 is 23.2 Å². The monoisotopic (exact) mass is 263 g/mol. The molecule has 1 aromatic heterocycles. The fourth-order valence-corrected chi connectivity index (χ4v) is 1.78. The maximum absolute atomic E-state index is 6.13. The van der Waals surface area contributed by atoms with E-state index in [4.69, 9.17) is 16.3 Å². The molecule has 5 heteroatoms. The van der Waals surface area contributed by atoms with E-state index in [1.807, 2.05) is 31.2 Å². The number of alkyl halides is 1. The van der Waals surface area contributed by atoms with Crippen LogP contribution >= 0.6 is 11.6 Å². The van der Waals surface area contributed by atoms with Gasteiger partial charge in [0.2, 0.25) is 11.8 Å². The molecule has 4 nitrogen and oxygen atoms in total. The minimum absolute atomic E-state index is 0.0840. The van der Waals surface area contributed by atoms with Crippen LogP contribution in [-0.2, 0) is 0 Å². The molecule has 2 aromatic rings. The lowest BCUT2D eigenvalue weighted by atomic mass is 10.1. The molecule has 2 rings (SSSR count). The number of halogens is 1. The summed E-state index contributed by atoms with van der Waals surface area (Å²) in [7, 11) is 1.57. The molecule has 0 aliphatic heterocycles. The molecule has 1 aromatic carbocycles. The summed E-state index contributed by atoms with van der Waals surface area (Å²) >= 11 is 6.13. The lowest BCUT2D eigenvalue weighted by Crippen LogP contribution is -2.01. The first-order valence-electron chi connectivity index (χ1n) is 5.57. The van der Waals surface area contributed by atoms with Gasteiger partial charge in [0, 0.05) is 18.0 Å². The first kappa shape index (κ1) is 12.6. The van der Waals surface area contributed by atoms with Crippen LogP contribution in [-0.4, -0.2) is 17.1 Å². The van der Waals surface area contributed by atoms with Crippen LogP contribution in [0.1, 0.15) is 17.9 Å². The van der Waals surface area contributed by atoms with Crippen LogP contribution in [0, 0.1) is 0 Å². The van der Waals surface area contributed by atoms with Gasteiger partial charge >= 0.3 is 0 Å².